The molecule has 0 fully saturated rings. The number of fused-ring (bicyclic) bond motifs is 9. The van der Waals surface area contributed by atoms with Gasteiger partial charge in [0.15, 0.2) is 0 Å². The zero-order chi connectivity index (χ0) is 34.0. The molecular formula is C48H42N2. The van der Waals surface area contributed by atoms with Crippen LogP contribution >= 0.6 is 0 Å². The number of hydrogen-bond acceptors (Lipinski definition) is 0. The summed E-state index contributed by atoms with van der Waals surface area (Å²) >= 11 is 0. The van der Waals surface area contributed by atoms with Gasteiger partial charge in [0.2, 0.25) is 0 Å². The van der Waals surface area contributed by atoms with E-state index in [1.54, 1.807) is 0 Å². The Labute approximate surface area is 295 Å². The maximum atomic E-state index is 3.80. The topological polar surface area (TPSA) is 20.7 Å². The van der Waals surface area contributed by atoms with E-state index >= 15 is 0 Å². The van der Waals surface area contributed by atoms with Crippen LogP contribution in [0.15, 0.2) is 152 Å². The second-order valence-electron chi connectivity index (χ2n) is 14.2. The van der Waals surface area contributed by atoms with Crippen molar-refractivity contribution in [3.05, 3.63) is 163 Å². The van der Waals surface area contributed by atoms with Crippen molar-refractivity contribution in [1.29, 1.82) is 0 Å². The Morgan fingerprint density at radius 2 is 1.10 bits per heavy atom. The van der Waals surface area contributed by atoms with Crippen molar-refractivity contribution in [1.82, 2.24) is 9.55 Å². The van der Waals surface area contributed by atoms with Crippen LogP contribution in [0, 0.1) is 0 Å². The minimum Gasteiger partial charge on any atom is -0.354 e. The summed E-state index contributed by atoms with van der Waals surface area (Å²) in [6.45, 7) is 8.95. The molecule has 2 heteroatoms. The number of hydrogen-bond donors (Lipinski definition) is 1. The van der Waals surface area contributed by atoms with Crippen molar-refractivity contribution in [2.24, 2.45) is 0 Å². The predicted octanol–water partition coefficient (Wildman–Crippen LogP) is 13.7. The average molecular weight is 647 g/mol. The predicted molar refractivity (Wildman–Crippen MR) is 217 cm³/mol. The lowest BCUT2D eigenvalue weighted by molar-refractivity contribution is 0.660. The molecule has 7 aromatic carbocycles. The summed E-state index contributed by atoms with van der Waals surface area (Å²) < 4.78 is 2.40. The molecule has 0 radical (unpaired) electrons. The molecule has 50 heavy (non-hydrogen) atoms. The van der Waals surface area contributed by atoms with E-state index in [1.165, 1.54) is 94.7 Å². The van der Waals surface area contributed by atoms with E-state index in [0.29, 0.717) is 0 Å². The van der Waals surface area contributed by atoms with Crippen LogP contribution in [0.4, 0.5) is 0 Å². The molecule has 0 spiro atoms. The molecule has 1 aliphatic carbocycles. The smallest absolute Gasteiger partial charge is 0.0544 e. The van der Waals surface area contributed by atoms with E-state index in [0.717, 1.165) is 5.52 Å². The highest BCUT2D eigenvalue weighted by molar-refractivity contribution is 6.13. The van der Waals surface area contributed by atoms with Crippen LogP contribution in [0.25, 0.3) is 82.7 Å². The SMILES string of the molecule is CC1(C)c2ccccc2-c2ccc(-c3cccc(-c4cccc5c4[nH]c4ccc(-n6c7ccccc7c7ccccc76)cc45)c3)cc21.CCC.[HH]. The molecule has 2 aromatic heterocycles. The van der Waals surface area contributed by atoms with Crippen LogP contribution in [-0.4, -0.2) is 9.55 Å². The van der Waals surface area contributed by atoms with E-state index in [1.807, 2.05) is 0 Å². The molecule has 0 bridgehead atoms. The Balaban J connectivity index is 0.000000905. The summed E-state index contributed by atoms with van der Waals surface area (Å²) in [6, 6.07) is 55.8. The second kappa shape index (κ2) is 11.6. The molecule has 2 heterocycles. The van der Waals surface area contributed by atoms with Crippen molar-refractivity contribution in [2.75, 3.05) is 0 Å². The van der Waals surface area contributed by atoms with Crippen molar-refractivity contribution in [2.45, 2.75) is 39.5 Å². The van der Waals surface area contributed by atoms with Crippen LogP contribution in [0.1, 0.15) is 46.7 Å². The second-order valence-corrected chi connectivity index (χ2v) is 14.2. The summed E-state index contributed by atoms with van der Waals surface area (Å²) in [5, 5.41) is 5.03. The summed E-state index contributed by atoms with van der Waals surface area (Å²) in [6.07, 6.45) is 1.25. The average Bonchev–Trinajstić information content (AvgIpc) is 3.77. The first-order chi connectivity index (χ1) is 24.5. The van der Waals surface area contributed by atoms with Gasteiger partial charge in [0, 0.05) is 45.2 Å². The molecule has 0 saturated heterocycles. The minimum atomic E-state index is -0.0203. The van der Waals surface area contributed by atoms with Crippen LogP contribution in [0.2, 0.25) is 0 Å². The Bertz CT molecular complexity index is 2690. The summed E-state index contributed by atoms with van der Waals surface area (Å²) in [5.74, 6) is 0. The van der Waals surface area contributed by atoms with E-state index in [4.69, 9.17) is 0 Å². The van der Waals surface area contributed by atoms with E-state index in [9.17, 15) is 0 Å². The summed E-state index contributed by atoms with van der Waals surface area (Å²) in [4.78, 5) is 3.80. The quantitative estimate of drug-likeness (QED) is 0.197. The number of benzene rings is 7. The third kappa shape index (κ3) is 4.55. The van der Waals surface area contributed by atoms with Gasteiger partial charge in [0.1, 0.15) is 0 Å². The summed E-state index contributed by atoms with van der Waals surface area (Å²) in [5.41, 5.74) is 16.4. The van der Waals surface area contributed by atoms with Crippen LogP contribution in [0.5, 0.6) is 0 Å². The van der Waals surface area contributed by atoms with Crippen molar-refractivity contribution < 1.29 is 1.43 Å². The molecule has 0 aliphatic heterocycles. The fourth-order valence-electron chi connectivity index (χ4n) is 8.24. The Kier molecular flexibility index (Phi) is 7.03. The van der Waals surface area contributed by atoms with Gasteiger partial charge in [-0.2, -0.15) is 0 Å². The van der Waals surface area contributed by atoms with Crippen LogP contribution in [0.3, 0.4) is 0 Å². The number of para-hydroxylation sites is 3. The molecular weight excluding hydrogens is 605 g/mol. The third-order valence-electron chi connectivity index (χ3n) is 10.5. The lowest BCUT2D eigenvalue weighted by atomic mass is 9.81. The Morgan fingerprint density at radius 1 is 0.500 bits per heavy atom. The molecule has 244 valence electrons. The number of nitrogens with one attached hydrogen (secondary N) is 1. The van der Waals surface area contributed by atoms with E-state index in [-0.39, 0.29) is 6.84 Å². The van der Waals surface area contributed by atoms with Gasteiger partial charge in [0.05, 0.1) is 16.6 Å². The zero-order valence-electron chi connectivity index (χ0n) is 29.1. The number of rotatable bonds is 3. The molecule has 1 aliphatic rings. The molecule has 0 atom stereocenters. The highest BCUT2D eigenvalue weighted by Gasteiger charge is 2.35. The Morgan fingerprint density at radius 3 is 1.88 bits per heavy atom. The number of aromatic nitrogens is 2. The van der Waals surface area contributed by atoms with Crippen LogP contribution in [-0.2, 0) is 5.41 Å². The lowest BCUT2D eigenvalue weighted by Crippen LogP contribution is -2.14. The molecule has 10 rings (SSSR count). The van der Waals surface area contributed by atoms with Crippen molar-refractivity contribution >= 4 is 43.6 Å². The molecule has 9 aromatic rings. The van der Waals surface area contributed by atoms with Gasteiger partial charge in [0.25, 0.3) is 0 Å². The van der Waals surface area contributed by atoms with Crippen molar-refractivity contribution in [3.63, 3.8) is 0 Å². The van der Waals surface area contributed by atoms with Gasteiger partial charge >= 0.3 is 0 Å². The molecule has 2 nitrogen and oxygen atoms in total. The molecule has 0 unspecified atom stereocenters. The first-order valence-electron chi connectivity index (χ1n) is 17.9. The van der Waals surface area contributed by atoms with Gasteiger partial charge in [-0.3, -0.25) is 0 Å². The van der Waals surface area contributed by atoms with E-state index < -0.39 is 0 Å². The first kappa shape index (κ1) is 30.2. The largest absolute Gasteiger partial charge is 0.354 e. The van der Waals surface area contributed by atoms with E-state index in [2.05, 4.69) is 189 Å². The normalized spacial score (nSPS) is 13.0. The number of H-pyrrole nitrogens is 1. The number of aromatic amines is 1. The first-order valence-corrected chi connectivity index (χ1v) is 17.9. The van der Waals surface area contributed by atoms with Gasteiger partial charge in [-0.25, -0.2) is 0 Å². The third-order valence-corrected chi connectivity index (χ3v) is 10.5. The van der Waals surface area contributed by atoms with Crippen molar-refractivity contribution in [3.8, 4) is 39.1 Å². The van der Waals surface area contributed by atoms with Gasteiger partial charge in [-0.05, 0) is 81.4 Å². The minimum absolute atomic E-state index is 0. The standard InChI is InChI=1S/C45H32N2.C3H8.H2/c1-45(2)39-18-6-3-13-33(39)34-23-21-29(26-40(34)45)28-11-9-12-30(25-28)32-16-10-17-37-38-27-31(22-24-41(38)46-44(32)37)47-42-19-7-4-14-35(42)36-15-5-8-20-43(36)47;1-3-2;/h3-27,46H,1-2H3;3H2,1-2H3;1H. The lowest BCUT2D eigenvalue weighted by Gasteiger charge is -2.22. The van der Waals surface area contributed by atoms with Gasteiger partial charge in [-0.15, -0.1) is 0 Å². The fourth-order valence-corrected chi connectivity index (χ4v) is 8.24. The number of nitrogens with zero attached hydrogens (tertiary/aromatic N) is 1. The van der Waals surface area contributed by atoms with Gasteiger partial charge in [-0.1, -0.05) is 143 Å². The zero-order valence-corrected chi connectivity index (χ0v) is 29.1. The maximum Gasteiger partial charge on any atom is 0.0544 e. The molecule has 1 N–H and O–H groups in total. The summed E-state index contributed by atoms with van der Waals surface area (Å²) in [7, 11) is 0. The molecule has 0 amide bonds. The monoisotopic (exact) mass is 646 g/mol. The maximum absolute atomic E-state index is 3.80. The Hall–Kier alpha value is -5.86. The van der Waals surface area contributed by atoms with Crippen LogP contribution < -0.4 is 0 Å². The highest BCUT2D eigenvalue weighted by atomic mass is 15.0. The highest BCUT2D eigenvalue weighted by Crippen LogP contribution is 2.49. The van der Waals surface area contributed by atoms with Gasteiger partial charge < -0.3 is 9.55 Å². The molecule has 0 saturated carbocycles. The fraction of sp³-hybridized carbons (Fsp3) is 0.125.